The summed E-state index contributed by atoms with van der Waals surface area (Å²) in [5.74, 6) is 0. The summed E-state index contributed by atoms with van der Waals surface area (Å²) in [6, 6.07) is 0. The van der Waals surface area contributed by atoms with Crippen LogP contribution in [0.5, 0.6) is 0 Å². The number of allylic oxidation sites excluding steroid dienone is 5. The van der Waals surface area contributed by atoms with Crippen LogP contribution >= 0.6 is 0 Å². The smallest absolute Gasteiger partial charge is 0.157 e. The quantitative estimate of drug-likeness (QED) is 0.490. The lowest BCUT2D eigenvalue weighted by Crippen LogP contribution is -2.22. The second-order valence-corrected chi connectivity index (χ2v) is 6.59. The molecule has 0 aromatic carbocycles. The summed E-state index contributed by atoms with van der Waals surface area (Å²) in [4.78, 5) is 0. The van der Waals surface area contributed by atoms with Crippen molar-refractivity contribution in [2.45, 2.75) is 78.9 Å². The van der Waals surface area contributed by atoms with E-state index in [0.29, 0.717) is 6.61 Å². The van der Waals surface area contributed by atoms with E-state index in [-0.39, 0.29) is 6.29 Å². The van der Waals surface area contributed by atoms with Crippen molar-refractivity contribution in [3.05, 3.63) is 34.9 Å². The Balaban J connectivity index is 2.14. The van der Waals surface area contributed by atoms with Crippen LogP contribution in [0.2, 0.25) is 0 Å². The standard InChI is InChI=1S/C20H34O2/c1-17(2)9-7-10-18(3)11-8-12-19(4)14-16-22-20-13-5-6-15-21-20/h9,11,14,20H,5-8,10,12-13,15-16H2,1-4H3/b18-11+,19-14+/t20-/m0/s1. The first kappa shape index (κ1) is 19.2. The molecule has 22 heavy (non-hydrogen) atoms. The minimum absolute atomic E-state index is 0.0232. The van der Waals surface area contributed by atoms with Crippen LogP contribution in [0.1, 0.15) is 72.6 Å². The van der Waals surface area contributed by atoms with Crippen LogP contribution in [0.15, 0.2) is 34.9 Å². The first-order valence-corrected chi connectivity index (χ1v) is 8.75. The van der Waals surface area contributed by atoms with Gasteiger partial charge in [-0.3, -0.25) is 0 Å². The topological polar surface area (TPSA) is 18.5 Å². The molecule has 0 N–H and O–H groups in total. The zero-order valence-electron chi connectivity index (χ0n) is 15.0. The lowest BCUT2D eigenvalue weighted by Gasteiger charge is -2.22. The summed E-state index contributed by atoms with van der Waals surface area (Å²) in [6.45, 7) is 10.3. The summed E-state index contributed by atoms with van der Waals surface area (Å²) < 4.78 is 11.3. The minimum Gasteiger partial charge on any atom is -0.353 e. The van der Waals surface area contributed by atoms with Gasteiger partial charge in [0.15, 0.2) is 6.29 Å². The Morgan fingerprint density at radius 3 is 2.27 bits per heavy atom. The van der Waals surface area contributed by atoms with Gasteiger partial charge in [0.2, 0.25) is 0 Å². The van der Waals surface area contributed by atoms with Crippen molar-refractivity contribution in [1.29, 1.82) is 0 Å². The first-order valence-electron chi connectivity index (χ1n) is 8.75. The van der Waals surface area contributed by atoms with Crippen LogP contribution in [-0.4, -0.2) is 19.5 Å². The normalized spacial score (nSPS) is 20.1. The Kier molecular flexibility index (Phi) is 10.2. The van der Waals surface area contributed by atoms with E-state index in [1.165, 1.54) is 36.0 Å². The highest BCUT2D eigenvalue weighted by atomic mass is 16.7. The summed E-state index contributed by atoms with van der Waals surface area (Å²) in [5, 5.41) is 0. The summed E-state index contributed by atoms with van der Waals surface area (Å²) in [7, 11) is 0. The molecule has 1 rings (SSSR count). The van der Waals surface area contributed by atoms with Gasteiger partial charge in [-0.15, -0.1) is 0 Å². The zero-order valence-corrected chi connectivity index (χ0v) is 15.0. The van der Waals surface area contributed by atoms with Gasteiger partial charge < -0.3 is 9.47 Å². The molecule has 0 bridgehead atoms. The van der Waals surface area contributed by atoms with E-state index in [1.807, 2.05) is 0 Å². The highest BCUT2D eigenvalue weighted by Crippen LogP contribution is 2.14. The second kappa shape index (κ2) is 11.7. The van der Waals surface area contributed by atoms with Crippen molar-refractivity contribution in [2.24, 2.45) is 0 Å². The van der Waals surface area contributed by atoms with Crippen molar-refractivity contribution in [3.63, 3.8) is 0 Å². The van der Waals surface area contributed by atoms with Gasteiger partial charge in [-0.2, -0.15) is 0 Å². The number of rotatable bonds is 9. The molecule has 126 valence electrons. The highest BCUT2D eigenvalue weighted by Gasteiger charge is 2.12. The number of ether oxygens (including phenoxy) is 2. The third kappa shape index (κ3) is 9.97. The fraction of sp³-hybridized carbons (Fsp3) is 0.700. The van der Waals surface area contributed by atoms with Gasteiger partial charge >= 0.3 is 0 Å². The minimum atomic E-state index is 0.0232. The van der Waals surface area contributed by atoms with Gasteiger partial charge in [0.05, 0.1) is 6.61 Å². The molecule has 1 atom stereocenters. The molecule has 2 nitrogen and oxygen atoms in total. The number of hydrogen-bond donors (Lipinski definition) is 0. The van der Waals surface area contributed by atoms with Crippen molar-refractivity contribution < 1.29 is 9.47 Å². The lowest BCUT2D eigenvalue weighted by molar-refractivity contribution is -0.155. The summed E-state index contributed by atoms with van der Waals surface area (Å²) in [5.41, 5.74) is 4.31. The number of hydrogen-bond acceptors (Lipinski definition) is 2. The van der Waals surface area contributed by atoms with Crippen molar-refractivity contribution in [2.75, 3.05) is 13.2 Å². The third-order valence-electron chi connectivity index (χ3n) is 3.97. The molecule has 0 spiro atoms. The molecule has 1 heterocycles. The summed E-state index contributed by atoms with van der Waals surface area (Å²) in [6.07, 6.45) is 14.9. The van der Waals surface area contributed by atoms with E-state index in [0.717, 1.165) is 32.3 Å². The zero-order chi connectivity index (χ0) is 16.2. The van der Waals surface area contributed by atoms with E-state index >= 15 is 0 Å². The maximum atomic E-state index is 5.74. The molecule has 1 aliphatic heterocycles. The van der Waals surface area contributed by atoms with Gasteiger partial charge in [-0.05, 0) is 72.6 Å². The Labute approximate surface area is 137 Å². The fourth-order valence-electron chi connectivity index (χ4n) is 2.48. The van der Waals surface area contributed by atoms with E-state index in [9.17, 15) is 0 Å². The fourth-order valence-corrected chi connectivity index (χ4v) is 2.48. The van der Waals surface area contributed by atoms with Crippen LogP contribution in [0.3, 0.4) is 0 Å². The van der Waals surface area contributed by atoms with E-state index in [4.69, 9.17) is 9.47 Å². The maximum absolute atomic E-state index is 5.74. The molecule has 0 amide bonds. The molecule has 1 fully saturated rings. The van der Waals surface area contributed by atoms with E-state index in [2.05, 4.69) is 45.9 Å². The monoisotopic (exact) mass is 306 g/mol. The van der Waals surface area contributed by atoms with Crippen LogP contribution in [0, 0.1) is 0 Å². The maximum Gasteiger partial charge on any atom is 0.157 e. The molecule has 2 heteroatoms. The average molecular weight is 306 g/mol. The Morgan fingerprint density at radius 1 is 0.955 bits per heavy atom. The molecule has 0 aliphatic carbocycles. The van der Waals surface area contributed by atoms with E-state index in [1.54, 1.807) is 0 Å². The molecule has 1 saturated heterocycles. The molecule has 1 aliphatic rings. The van der Waals surface area contributed by atoms with Gasteiger partial charge in [-0.1, -0.05) is 34.9 Å². The first-order chi connectivity index (χ1) is 10.6. The van der Waals surface area contributed by atoms with Gasteiger partial charge in [0.1, 0.15) is 0 Å². The predicted octanol–water partition coefficient (Wildman–Crippen LogP) is 5.95. The third-order valence-corrected chi connectivity index (χ3v) is 3.97. The van der Waals surface area contributed by atoms with Crippen molar-refractivity contribution in [3.8, 4) is 0 Å². The van der Waals surface area contributed by atoms with Crippen molar-refractivity contribution in [1.82, 2.24) is 0 Å². The van der Waals surface area contributed by atoms with Crippen LogP contribution in [-0.2, 0) is 9.47 Å². The predicted molar refractivity (Wildman–Crippen MR) is 95.0 cm³/mol. The molecule has 0 radical (unpaired) electrons. The van der Waals surface area contributed by atoms with Gasteiger partial charge in [-0.25, -0.2) is 0 Å². The largest absolute Gasteiger partial charge is 0.353 e. The van der Waals surface area contributed by atoms with Crippen molar-refractivity contribution >= 4 is 0 Å². The van der Waals surface area contributed by atoms with E-state index < -0.39 is 0 Å². The van der Waals surface area contributed by atoms with Gasteiger partial charge in [0.25, 0.3) is 0 Å². The molecule has 0 saturated carbocycles. The highest BCUT2D eigenvalue weighted by molar-refractivity contribution is 5.05. The Bertz CT molecular complexity index is 381. The summed E-state index contributed by atoms with van der Waals surface area (Å²) >= 11 is 0. The van der Waals surface area contributed by atoms with Crippen LogP contribution < -0.4 is 0 Å². The molecule has 0 unspecified atom stereocenters. The van der Waals surface area contributed by atoms with Gasteiger partial charge in [0, 0.05) is 6.61 Å². The van der Waals surface area contributed by atoms with Crippen LogP contribution in [0.4, 0.5) is 0 Å². The molecular weight excluding hydrogens is 272 g/mol. The second-order valence-electron chi connectivity index (χ2n) is 6.59. The van der Waals surface area contributed by atoms with Crippen LogP contribution in [0.25, 0.3) is 0 Å². The average Bonchev–Trinajstić information content (AvgIpc) is 2.48. The molecular formula is C20H34O2. The lowest BCUT2D eigenvalue weighted by atomic mass is 10.1. The Morgan fingerprint density at radius 2 is 1.64 bits per heavy atom. The Hall–Kier alpha value is -0.860. The SMILES string of the molecule is CC(C)=CCC/C(C)=C/CC/C(C)=C/CO[C@H]1CCCCO1. The molecule has 0 aromatic heterocycles. The molecule has 0 aromatic rings.